The van der Waals surface area contributed by atoms with Crippen LogP contribution in [0.1, 0.15) is 20.9 Å². The number of methoxy groups -OCH3 is 1. The van der Waals surface area contributed by atoms with Crippen LogP contribution >= 0.6 is 11.3 Å². The van der Waals surface area contributed by atoms with E-state index in [0.717, 1.165) is 22.7 Å². The second-order valence-corrected chi connectivity index (χ2v) is 6.64. The van der Waals surface area contributed by atoms with Crippen molar-refractivity contribution in [2.45, 2.75) is 19.3 Å². The van der Waals surface area contributed by atoms with E-state index in [1.807, 2.05) is 0 Å². The first kappa shape index (κ1) is 19.0. The molecule has 0 radical (unpaired) electrons. The van der Waals surface area contributed by atoms with Crippen molar-refractivity contribution >= 4 is 28.5 Å². The molecule has 0 unspecified atom stereocenters. The number of benzene rings is 1. The standard InChI is InChI=1S/C16H14F3N3O4S/c1-25-15(24)21-14-20-11-6-7-22(8-12(11)27-14)13(23)9-2-4-10(5-3-9)26-16(17,18)19/h2-5H,6-8H2,1H3,(H,20,21,24). The Balaban J connectivity index is 1.67. The molecule has 0 saturated heterocycles. The number of nitrogens with zero attached hydrogens (tertiary/aromatic N) is 2. The van der Waals surface area contributed by atoms with Gasteiger partial charge in [0.1, 0.15) is 5.75 Å². The summed E-state index contributed by atoms with van der Waals surface area (Å²) in [6.07, 6.45) is -4.90. The van der Waals surface area contributed by atoms with Gasteiger partial charge in [0.25, 0.3) is 5.91 Å². The summed E-state index contributed by atoms with van der Waals surface area (Å²) in [5.41, 5.74) is 1.05. The van der Waals surface area contributed by atoms with Crippen LogP contribution in [0.25, 0.3) is 0 Å². The van der Waals surface area contributed by atoms with E-state index in [0.29, 0.717) is 24.6 Å². The van der Waals surface area contributed by atoms with E-state index >= 15 is 0 Å². The van der Waals surface area contributed by atoms with E-state index in [9.17, 15) is 22.8 Å². The number of carbonyl (C=O) groups is 2. The topological polar surface area (TPSA) is 80.8 Å². The molecular weight excluding hydrogens is 387 g/mol. The third-order valence-corrected chi connectivity index (χ3v) is 4.75. The van der Waals surface area contributed by atoms with Crippen LogP contribution in [0.3, 0.4) is 0 Å². The summed E-state index contributed by atoms with van der Waals surface area (Å²) in [5.74, 6) is -0.698. The molecule has 0 saturated carbocycles. The average molecular weight is 401 g/mol. The Kier molecular flexibility index (Phi) is 5.22. The monoisotopic (exact) mass is 401 g/mol. The number of halogens is 3. The van der Waals surface area contributed by atoms with E-state index in [1.54, 1.807) is 4.90 Å². The van der Waals surface area contributed by atoms with Crippen LogP contribution in [0.15, 0.2) is 24.3 Å². The van der Waals surface area contributed by atoms with Gasteiger partial charge in [-0.3, -0.25) is 10.1 Å². The third-order valence-electron chi connectivity index (χ3n) is 3.75. The molecule has 0 spiro atoms. The maximum atomic E-state index is 12.6. The number of anilines is 1. The van der Waals surface area contributed by atoms with E-state index in [-0.39, 0.29) is 17.2 Å². The lowest BCUT2D eigenvalue weighted by molar-refractivity contribution is -0.274. The van der Waals surface area contributed by atoms with Gasteiger partial charge in [0, 0.05) is 23.4 Å². The van der Waals surface area contributed by atoms with Crippen molar-refractivity contribution in [3.8, 4) is 5.75 Å². The predicted molar refractivity (Wildman–Crippen MR) is 89.7 cm³/mol. The molecule has 1 aromatic heterocycles. The molecule has 3 rings (SSSR count). The maximum Gasteiger partial charge on any atom is 0.573 e. The molecule has 0 atom stereocenters. The minimum atomic E-state index is -4.78. The summed E-state index contributed by atoms with van der Waals surface area (Å²) in [5, 5.41) is 2.87. The van der Waals surface area contributed by atoms with Crippen LogP contribution in [0.2, 0.25) is 0 Å². The number of amides is 2. The minimum absolute atomic E-state index is 0.255. The summed E-state index contributed by atoms with van der Waals surface area (Å²) in [6, 6.07) is 4.77. The number of aromatic nitrogens is 1. The zero-order valence-electron chi connectivity index (χ0n) is 14.0. The van der Waals surface area contributed by atoms with Gasteiger partial charge in [0.2, 0.25) is 0 Å². The van der Waals surface area contributed by atoms with Crippen LogP contribution in [-0.4, -0.2) is 41.9 Å². The first-order chi connectivity index (χ1) is 12.7. The summed E-state index contributed by atoms with van der Waals surface area (Å²) in [7, 11) is 1.24. The zero-order valence-corrected chi connectivity index (χ0v) is 14.8. The zero-order chi connectivity index (χ0) is 19.6. The number of thiazole rings is 1. The molecule has 11 heteroatoms. The van der Waals surface area contributed by atoms with Crippen LogP contribution in [0.4, 0.5) is 23.1 Å². The maximum absolute atomic E-state index is 12.6. The lowest BCUT2D eigenvalue weighted by atomic mass is 10.1. The highest BCUT2D eigenvalue weighted by atomic mass is 32.1. The van der Waals surface area contributed by atoms with Crippen molar-refractivity contribution in [3.05, 3.63) is 40.4 Å². The number of hydrogen-bond acceptors (Lipinski definition) is 6. The van der Waals surface area contributed by atoms with Crippen molar-refractivity contribution in [1.29, 1.82) is 0 Å². The van der Waals surface area contributed by atoms with E-state index in [1.165, 1.54) is 30.6 Å². The van der Waals surface area contributed by atoms with Crippen LogP contribution in [-0.2, 0) is 17.7 Å². The predicted octanol–water partition coefficient (Wildman–Crippen LogP) is 3.42. The lowest BCUT2D eigenvalue weighted by Crippen LogP contribution is -2.35. The highest BCUT2D eigenvalue weighted by Crippen LogP contribution is 2.29. The fourth-order valence-corrected chi connectivity index (χ4v) is 3.55. The molecule has 1 aliphatic rings. The van der Waals surface area contributed by atoms with Gasteiger partial charge in [-0.1, -0.05) is 11.3 Å². The van der Waals surface area contributed by atoms with Gasteiger partial charge in [-0.15, -0.1) is 13.2 Å². The van der Waals surface area contributed by atoms with Crippen molar-refractivity contribution < 1.29 is 32.2 Å². The fraction of sp³-hybridized carbons (Fsp3) is 0.312. The third kappa shape index (κ3) is 4.67. The van der Waals surface area contributed by atoms with Gasteiger partial charge in [-0.05, 0) is 24.3 Å². The van der Waals surface area contributed by atoms with Crippen molar-refractivity contribution in [2.24, 2.45) is 0 Å². The smallest absolute Gasteiger partial charge is 0.453 e. The quantitative estimate of drug-likeness (QED) is 0.853. The van der Waals surface area contributed by atoms with E-state index < -0.39 is 12.5 Å². The van der Waals surface area contributed by atoms with Crippen LogP contribution in [0.5, 0.6) is 5.75 Å². The SMILES string of the molecule is COC(=O)Nc1nc2c(s1)CN(C(=O)c1ccc(OC(F)(F)F)cc1)CC2. The van der Waals surface area contributed by atoms with Gasteiger partial charge >= 0.3 is 12.5 Å². The van der Waals surface area contributed by atoms with Gasteiger partial charge in [0.05, 0.1) is 19.3 Å². The Morgan fingerprint density at radius 3 is 2.59 bits per heavy atom. The van der Waals surface area contributed by atoms with Gasteiger partial charge in [-0.25, -0.2) is 9.78 Å². The number of fused-ring (bicyclic) bond motifs is 1. The molecule has 2 aromatic rings. The summed E-state index contributed by atoms with van der Waals surface area (Å²) in [4.78, 5) is 30.5. The van der Waals surface area contributed by atoms with Crippen molar-refractivity contribution in [1.82, 2.24) is 9.88 Å². The summed E-state index contributed by atoms with van der Waals surface area (Å²) in [6.45, 7) is 0.712. The molecule has 2 heterocycles. The van der Waals surface area contributed by atoms with E-state index in [4.69, 9.17) is 0 Å². The first-order valence-corrected chi connectivity index (χ1v) is 8.55. The Labute approximate surface area is 155 Å². The largest absolute Gasteiger partial charge is 0.573 e. The average Bonchev–Trinajstić information content (AvgIpc) is 3.01. The number of carbonyl (C=O) groups excluding carboxylic acids is 2. The molecule has 0 bridgehead atoms. The normalized spacial score (nSPS) is 13.7. The fourth-order valence-electron chi connectivity index (χ4n) is 2.54. The molecule has 144 valence electrons. The van der Waals surface area contributed by atoms with Gasteiger partial charge in [0.15, 0.2) is 5.13 Å². The van der Waals surface area contributed by atoms with Crippen molar-refractivity contribution in [2.75, 3.05) is 19.0 Å². The molecule has 1 aliphatic heterocycles. The summed E-state index contributed by atoms with van der Waals surface area (Å²) < 4.78 is 44.9. The second-order valence-electron chi connectivity index (χ2n) is 5.55. The highest BCUT2D eigenvalue weighted by Gasteiger charge is 2.31. The molecule has 2 amide bonds. The van der Waals surface area contributed by atoms with Crippen molar-refractivity contribution in [3.63, 3.8) is 0 Å². The molecule has 7 nitrogen and oxygen atoms in total. The molecule has 0 aliphatic carbocycles. The Bertz CT molecular complexity index is 852. The number of nitrogens with one attached hydrogen (secondary N) is 1. The van der Waals surface area contributed by atoms with Gasteiger partial charge in [-0.2, -0.15) is 0 Å². The van der Waals surface area contributed by atoms with Crippen LogP contribution in [0, 0.1) is 0 Å². The Hall–Kier alpha value is -2.82. The molecule has 1 N–H and O–H groups in total. The number of rotatable bonds is 3. The number of ether oxygens (including phenoxy) is 2. The molecular formula is C16H14F3N3O4S. The number of alkyl halides is 3. The number of hydrogen-bond donors (Lipinski definition) is 1. The molecule has 0 fully saturated rings. The lowest BCUT2D eigenvalue weighted by Gasteiger charge is -2.26. The molecule has 27 heavy (non-hydrogen) atoms. The summed E-state index contributed by atoms with van der Waals surface area (Å²) >= 11 is 1.24. The second kappa shape index (κ2) is 7.43. The Morgan fingerprint density at radius 2 is 1.96 bits per heavy atom. The molecule has 1 aromatic carbocycles. The van der Waals surface area contributed by atoms with E-state index in [2.05, 4.69) is 19.8 Å². The first-order valence-electron chi connectivity index (χ1n) is 7.74. The minimum Gasteiger partial charge on any atom is -0.453 e. The Morgan fingerprint density at radius 1 is 1.26 bits per heavy atom. The van der Waals surface area contributed by atoms with Gasteiger partial charge < -0.3 is 14.4 Å². The highest BCUT2D eigenvalue weighted by molar-refractivity contribution is 7.15. The van der Waals surface area contributed by atoms with Crippen LogP contribution < -0.4 is 10.1 Å².